The van der Waals surface area contributed by atoms with E-state index in [1.54, 1.807) is 0 Å². The Labute approximate surface area is 100 Å². The molecule has 2 heteroatoms. The number of fused-ring (bicyclic) bond motifs is 2. The summed E-state index contributed by atoms with van der Waals surface area (Å²) in [6.07, 6.45) is 8.43. The van der Waals surface area contributed by atoms with Gasteiger partial charge in [-0.05, 0) is 55.9 Å². The van der Waals surface area contributed by atoms with Gasteiger partial charge >= 0.3 is 0 Å². The van der Waals surface area contributed by atoms with E-state index in [0.717, 1.165) is 18.4 Å². The zero-order chi connectivity index (χ0) is 11.4. The fraction of sp³-hybridized carbons (Fsp3) is 1.00. The lowest BCUT2D eigenvalue weighted by Crippen LogP contribution is -2.39. The van der Waals surface area contributed by atoms with Crippen LogP contribution >= 0.6 is 0 Å². The van der Waals surface area contributed by atoms with Crippen LogP contribution in [0.4, 0.5) is 0 Å². The summed E-state index contributed by atoms with van der Waals surface area (Å²) in [5.41, 5.74) is 0.577. The Kier molecular flexibility index (Phi) is 4.26. The van der Waals surface area contributed by atoms with E-state index < -0.39 is 0 Å². The third-order valence-corrected chi connectivity index (χ3v) is 4.81. The van der Waals surface area contributed by atoms with Crippen LogP contribution in [-0.2, 0) is 4.74 Å². The molecule has 3 atom stereocenters. The molecule has 0 spiro atoms. The van der Waals surface area contributed by atoms with Crippen LogP contribution in [0.15, 0.2) is 0 Å². The van der Waals surface area contributed by atoms with Crippen molar-refractivity contribution < 1.29 is 4.74 Å². The molecule has 2 nitrogen and oxygen atoms in total. The second-order valence-electron chi connectivity index (χ2n) is 5.86. The van der Waals surface area contributed by atoms with E-state index in [-0.39, 0.29) is 0 Å². The molecular weight excluding hydrogens is 198 g/mol. The van der Waals surface area contributed by atoms with Gasteiger partial charge in [-0.15, -0.1) is 0 Å². The molecular formula is C14H27NO. The monoisotopic (exact) mass is 225 g/mol. The van der Waals surface area contributed by atoms with E-state index in [0.29, 0.717) is 5.41 Å². The summed E-state index contributed by atoms with van der Waals surface area (Å²) in [6, 6.07) is 0. The van der Waals surface area contributed by atoms with Crippen molar-refractivity contribution in [2.24, 2.45) is 17.3 Å². The molecule has 2 aliphatic carbocycles. The van der Waals surface area contributed by atoms with Gasteiger partial charge in [0.25, 0.3) is 0 Å². The fourth-order valence-corrected chi connectivity index (χ4v) is 3.99. The number of rotatable bonds is 7. The molecule has 2 saturated carbocycles. The second-order valence-corrected chi connectivity index (χ2v) is 5.86. The molecule has 0 amide bonds. The third-order valence-electron chi connectivity index (χ3n) is 4.81. The molecule has 0 aromatic carbocycles. The Balaban J connectivity index is 1.90. The summed E-state index contributed by atoms with van der Waals surface area (Å²) in [5, 5.41) is 3.66. The van der Waals surface area contributed by atoms with Crippen LogP contribution in [-0.4, -0.2) is 26.8 Å². The third kappa shape index (κ3) is 2.43. The summed E-state index contributed by atoms with van der Waals surface area (Å²) in [4.78, 5) is 0. The number of methoxy groups -OCH3 is 1. The summed E-state index contributed by atoms with van der Waals surface area (Å²) >= 11 is 0. The zero-order valence-corrected chi connectivity index (χ0v) is 10.9. The molecule has 1 N–H and O–H groups in total. The minimum absolute atomic E-state index is 0.577. The lowest BCUT2D eigenvalue weighted by molar-refractivity contribution is 0.0869. The zero-order valence-electron chi connectivity index (χ0n) is 10.9. The van der Waals surface area contributed by atoms with Crippen molar-refractivity contribution >= 4 is 0 Å². The van der Waals surface area contributed by atoms with Crippen molar-refractivity contribution in [3.05, 3.63) is 0 Å². The quantitative estimate of drug-likeness (QED) is 0.673. The van der Waals surface area contributed by atoms with Gasteiger partial charge in [0.1, 0.15) is 0 Å². The molecule has 3 unspecified atom stereocenters. The van der Waals surface area contributed by atoms with Crippen LogP contribution in [0.5, 0.6) is 0 Å². The smallest absolute Gasteiger partial charge is 0.0468 e. The van der Waals surface area contributed by atoms with Crippen molar-refractivity contribution in [1.82, 2.24) is 5.32 Å². The molecule has 2 rings (SSSR count). The minimum Gasteiger partial charge on any atom is -0.385 e. The van der Waals surface area contributed by atoms with Crippen LogP contribution in [0.3, 0.4) is 0 Å². The minimum atomic E-state index is 0.577. The number of nitrogens with one attached hydrogen (secondary N) is 1. The van der Waals surface area contributed by atoms with E-state index >= 15 is 0 Å². The van der Waals surface area contributed by atoms with Crippen LogP contribution < -0.4 is 5.32 Å². The Morgan fingerprint density at radius 1 is 1.38 bits per heavy atom. The van der Waals surface area contributed by atoms with Crippen molar-refractivity contribution in [2.75, 3.05) is 26.8 Å². The molecule has 94 valence electrons. The van der Waals surface area contributed by atoms with Gasteiger partial charge in [0.05, 0.1) is 0 Å². The van der Waals surface area contributed by atoms with E-state index in [1.165, 1.54) is 51.6 Å². The van der Waals surface area contributed by atoms with Gasteiger partial charge in [0.2, 0.25) is 0 Å². The Morgan fingerprint density at radius 3 is 2.81 bits per heavy atom. The lowest BCUT2D eigenvalue weighted by Gasteiger charge is -2.38. The van der Waals surface area contributed by atoms with Crippen molar-refractivity contribution in [1.29, 1.82) is 0 Å². The van der Waals surface area contributed by atoms with Crippen LogP contribution in [0.2, 0.25) is 0 Å². The molecule has 0 radical (unpaired) electrons. The predicted octanol–water partition coefficient (Wildman–Crippen LogP) is 2.83. The first-order chi connectivity index (χ1) is 7.80. The molecule has 2 fully saturated rings. The van der Waals surface area contributed by atoms with E-state index in [4.69, 9.17) is 4.74 Å². The van der Waals surface area contributed by atoms with E-state index in [2.05, 4.69) is 12.2 Å². The summed E-state index contributed by atoms with van der Waals surface area (Å²) in [5.74, 6) is 2.02. The normalized spacial score (nSPS) is 37.1. The van der Waals surface area contributed by atoms with Crippen LogP contribution in [0.1, 0.15) is 45.4 Å². The van der Waals surface area contributed by atoms with E-state index in [1.807, 2.05) is 7.11 Å². The van der Waals surface area contributed by atoms with Crippen molar-refractivity contribution in [3.63, 3.8) is 0 Å². The Morgan fingerprint density at radius 2 is 2.25 bits per heavy atom. The molecule has 0 heterocycles. The van der Waals surface area contributed by atoms with Crippen molar-refractivity contribution in [3.8, 4) is 0 Å². The van der Waals surface area contributed by atoms with Gasteiger partial charge in [-0.25, -0.2) is 0 Å². The van der Waals surface area contributed by atoms with E-state index in [9.17, 15) is 0 Å². The first-order valence-corrected chi connectivity index (χ1v) is 7.00. The maximum atomic E-state index is 5.31. The molecule has 0 aliphatic heterocycles. The first kappa shape index (κ1) is 12.4. The maximum Gasteiger partial charge on any atom is 0.0468 e. The predicted molar refractivity (Wildman–Crippen MR) is 67.5 cm³/mol. The van der Waals surface area contributed by atoms with Gasteiger partial charge in [-0.1, -0.05) is 13.3 Å². The van der Waals surface area contributed by atoms with Crippen LogP contribution in [0.25, 0.3) is 0 Å². The number of ether oxygens (including phenoxy) is 1. The topological polar surface area (TPSA) is 21.3 Å². The van der Waals surface area contributed by atoms with Crippen molar-refractivity contribution in [2.45, 2.75) is 45.4 Å². The van der Waals surface area contributed by atoms with Crippen LogP contribution in [0, 0.1) is 17.3 Å². The average molecular weight is 225 g/mol. The highest BCUT2D eigenvalue weighted by atomic mass is 16.5. The molecule has 2 bridgehead atoms. The summed E-state index contributed by atoms with van der Waals surface area (Å²) in [7, 11) is 1.83. The molecule has 0 aromatic rings. The number of hydrogen-bond acceptors (Lipinski definition) is 2. The average Bonchev–Trinajstić information content (AvgIpc) is 2.87. The standard InChI is InChI=1S/C14H27NO/c1-3-7-15-11-14(6-8-16-2)10-12-4-5-13(14)9-12/h12-13,15H,3-11H2,1-2H3. The molecule has 16 heavy (non-hydrogen) atoms. The fourth-order valence-electron chi connectivity index (χ4n) is 3.99. The van der Waals surface area contributed by atoms with Gasteiger partial charge in [0.15, 0.2) is 0 Å². The first-order valence-electron chi connectivity index (χ1n) is 7.00. The highest BCUT2D eigenvalue weighted by molar-refractivity contribution is 5.01. The van der Waals surface area contributed by atoms with Gasteiger partial charge < -0.3 is 10.1 Å². The summed E-state index contributed by atoms with van der Waals surface area (Å²) < 4.78 is 5.31. The highest BCUT2D eigenvalue weighted by Crippen LogP contribution is 2.57. The maximum absolute atomic E-state index is 5.31. The highest BCUT2D eigenvalue weighted by Gasteiger charge is 2.49. The molecule has 0 saturated heterocycles. The van der Waals surface area contributed by atoms with Gasteiger partial charge in [0, 0.05) is 20.3 Å². The van der Waals surface area contributed by atoms with Gasteiger partial charge in [-0.3, -0.25) is 0 Å². The second kappa shape index (κ2) is 5.50. The Hall–Kier alpha value is -0.0800. The molecule has 0 aromatic heterocycles. The number of hydrogen-bond donors (Lipinski definition) is 1. The lowest BCUT2D eigenvalue weighted by atomic mass is 9.71. The molecule has 2 aliphatic rings. The summed E-state index contributed by atoms with van der Waals surface area (Å²) in [6.45, 7) is 5.59. The Bertz CT molecular complexity index is 219. The SMILES string of the molecule is CCCNCC1(CCOC)CC2CCC1C2. The largest absolute Gasteiger partial charge is 0.385 e. The van der Waals surface area contributed by atoms with Gasteiger partial charge in [-0.2, -0.15) is 0 Å².